The highest BCUT2D eigenvalue weighted by Gasteiger charge is 2.40. The molecule has 0 saturated heterocycles. The van der Waals surface area contributed by atoms with Crippen LogP contribution in [0, 0.1) is 22.7 Å². The lowest BCUT2D eigenvalue weighted by atomic mass is 9.77. The number of carbonyl (C=O) groups excluding carboxylic acids is 2. The van der Waals surface area contributed by atoms with E-state index in [1.807, 2.05) is 26.8 Å². The summed E-state index contributed by atoms with van der Waals surface area (Å²) in [4.78, 5) is 23.1. The molecule has 0 spiro atoms. The SMILES string of the molecule is CCNC(=O)C(CC#N)(COC(C)=O)CC(C)C. The van der Waals surface area contributed by atoms with Gasteiger partial charge in [-0.2, -0.15) is 5.26 Å². The first kappa shape index (κ1) is 16.4. The Bertz CT molecular complexity index is 334. The minimum atomic E-state index is -0.940. The molecular weight excluding hydrogens is 232 g/mol. The molecule has 18 heavy (non-hydrogen) atoms. The van der Waals surface area contributed by atoms with Crippen LogP contribution in [0.15, 0.2) is 0 Å². The Hall–Kier alpha value is -1.57. The summed E-state index contributed by atoms with van der Waals surface area (Å²) in [6.07, 6.45) is 0.559. The van der Waals surface area contributed by atoms with Crippen LogP contribution in [0.4, 0.5) is 0 Å². The van der Waals surface area contributed by atoms with Gasteiger partial charge in [0.1, 0.15) is 6.61 Å². The quantitative estimate of drug-likeness (QED) is 0.700. The van der Waals surface area contributed by atoms with Crippen LogP contribution in [0.2, 0.25) is 0 Å². The third kappa shape index (κ3) is 5.17. The summed E-state index contributed by atoms with van der Waals surface area (Å²) in [6, 6.07) is 2.02. The topological polar surface area (TPSA) is 79.2 Å². The summed E-state index contributed by atoms with van der Waals surface area (Å²) in [5.74, 6) is -0.427. The standard InChI is InChI=1S/C13H22N2O3/c1-5-15-12(17)13(6-7-14,8-10(2)3)9-18-11(4)16/h10H,5-6,8-9H2,1-4H3,(H,15,17). The molecule has 0 fully saturated rings. The van der Waals surface area contributed by atoms with Crippen LogP contribution in [0.3, 0.4) is 0 Å². The minimum Gasteiger partial charge on any atom is -0.465 e. The second-order valence-corrected chi connectivity index (χ2v) is 4.85. The predicted octanol–water partition coefficient (Wildman–Crippen LogP) is 1.63. The molecule has 102 valence electrons. The number of nitrogens with one attached hydrogen (secondary N) is 1. The van der Waals surface area contributed by atoms with Gasteiger partial charge in [0.25, 0.3) is 0 Å². The number of rotatable bonds is 7. The van der Waals surface area contributed by atoms with Crippen molar-refractivity contribution >= 4 is 11.9 Å². The van der Waals surface area contributed by atoms with E-state index in [4.69, 9.17) is 10.00 Å². The van der Waals surface area contributed by atoms with Gasteiger partial charge in [0, 0.05) is 13.5 Å². The van der Waals surface area contributed by atoms with Crippen molar-refractivity contribution in [2.75, 3.05) is 13.2 Å². The lowest BCUT2D eigenvalue weighted by Crippen LogP contribution is -2.45. The molecule has 0 heterocycles. The Morgan fingerprint density at radius 3 is 2.44 bits per heavy atom. The molecule has 0 radical (unpaired) electrons. The van der Waals surface area contributed by atoms with E-state index >= 15 is 0 Å². The van der Waals surface area contributed by atoms with Crippen LogP contribution in [-0.2, 0) is 14.3 Å². The largest absolute Gasteiger partial charge is 0.465 e. The van der Waals surface area contributed by atoms with E-state index in [9.17, 15) is 9.59 Å². The molecule has 0 aromatic heterocycles. The van der Waals surface area contributed by atoms with Crippen molar-refractivity contribution in [2.24, 2.45) is 11.3 Å². The molecule has 1 N–H and O–H groups in total. The van der Waals surface area contributed by atoms with Crippen molar-refractivity contribution in [3.05, 3.63) is 0 Å². The van der Waals surface area contributed by atoms with Crippen molar-refractivity contribution in [1.29, 1.82) is 5.26 Å². The van der Waals surface area contributed by atoms with E-state index < -0.39 is 11.4 Å². The highest BCUT2D eigenvalue weighted by atomic mass is 16.5. The lowest BCUT2D eigenvalue weighted by molar-refractivity contribution is -0.149. The number of nitrogens with zero attached hydrogens (tertiary/aromatic N) is 1. The third-order valence-corrected chi connectivity index (χ3v) is 2.59. The van der Waals surface area contributed by atoms with Gasteiger partial charge >= 0.3 is 5.97 Å². The van der Waals surface area contributed by atoms with Crippen molar-refractivity contribution in [2.45, 2.75) is 40.5 Å². The fraction of sp³-hybridized carbons (Fsp3) is 0.769. The normalized spacial score (nSPS) is 13.6. The zero-order valence-electron chi connectivity index (χ0n) is 11.6. The Kier molecular flexibility index (Phi) is 7.03. The van der Waals surface area contributed by atoms with Crippen LogP contribution in [0.25, 0.3) is 0 Å². The number of hydrogen-bond donors (Lipinski definition) is 1. The second-order valence-electron chi connectivity index (χ2n) is 4.85. The first-order valence-corrected chi connectivity index (χ1v) is 6.16. The van der Waals surface area contributed by atoms with Gasteiger partial charge in [0.05, 0.1) is 17.9 Å². The smallest absolute Gasteiger partial charge is 0.302 e. The van der Waals surface area contributed by atoms with Gasteiger partial charge in [-0.1, -0.05) is 13.8 Å². The highest BCUT2D eigenvalue weighted by molar-refractivity contribution is 5.83. The molecule has 0 aliphatic carbocycles. The molecule has 0 aromatic rings. The monoisotopic (exact) mass is 254 g/mol. The molecule has 1 amide bonds. The first-order valence-electron chi connectivity index (χ1n) is 6.16. The van der Waals surface area contributed by atoms with E-state index in [1.54, 1.807) is 0 Å². The maximum atomic E-state index is 12.1. The van der Waals surface area contributed by atoms with Crippen LogP contribution < -0.4 is 5.32 Å². The summed E-state index contributed by atoms with van der Waals surface area (Å²) in [5.41, 5.74) is -0.940. The number of nitriles is 1. The van der Waals surface area contributed by atoms with Crippen molar-refractivity contribution in [3.8, 4) is 6.07 Å². The molecule has 1 unspecified atom stereocenters. The maximum Gasteiger partial charge on any atom is 0.302 e. The van der Waals surface area contributed by atoms with Gasteiger partial charge in [-0.05, 0) is 19.3 Å². The van der Waals surface area contributed by atoms with Crippen molar-refractivity contribution in [3.63, 3.8) is 0 Å². The molecule has 0 saturated carbocycles. The Balaban J connectivity index is 5.07. The van der Waals surface area contributed by atoms with Gasteiger partial charge in [-0.3, -0.25) is 9.59 Å². The average Bonchev–Trinajstić information content (AvgIpc) is 2.25. The molecule has 1 atom stereocenters. The molecule has 0 rings (SSSR count). The third-order valence-electron chi connectivity index (χ3n) is 2.59. The molecule has 0 bridgehead atoms. The summed E-state index contributed by atoms with van der Waals surface area (Å²) in [7, 11) is 0. The van der Waals surface area contributed by atoms with Crippen LogP contribution in [0.5, 0.6) is 0 Å². The van der Waals surface area contributed by atoms with Crippen molar-refractivity contribution in [1.82, 2.24) is 5.32 Å². The summed E-state index contributed by atoms with van der Waals surface area (Å²) < 4.78 is 4.98. The fourth-order valence-corrected chi connectivity index (χ4v) is 1.94. The number of carbonyl (C=O) groups is 2. The highest BCUT2D eigenvalue weighted by Crippen LogP contribution is 2.31. The number of amides is 1. The van der Waals surface area contributed by atoms with E-state index in [2.05, 4.69) is 5.32 Å². The van der Waals surface area contributed by atoms with Gasteiger partial charge < -0.3 is 10.1 Å². The fourth-order valence-electron chi connectivity index (χ4n) is 1.94. The Morgan fingerprint density at radius 2 is 2.06 bits per heavy atom. The molecule has 5 nitrogen and oxygen atoms in total. The Morgan fingerprint density at radius 1 is 1.44 bits per heavy atom. The van der Waals surface area contributed by atoms with Gasteiger partial charge in [0.2, 0.25) is 5.91 Å². The van der Waals surface area contributed by atoms with Crippen LogP contribution >= 0.6 is 0 Å². The van der Waals surface area contributed by atoms with E-state index in [0.29, 0.717) is 13.0 Å². The van der Waals surface area contributed by atoms with Gasteiger partial charge in [0.15, 0.2) is 0 Å². The van der Waals surface area contributed by atoms with Crippen LogP contribution in [0.1, 0.15) is 40.5 Å². The lowest BCUT2D eigenvalue weighted by Gasteiger charge is -2.31. The summed E-state index contributed by atoms with van der Waals surface area (Å²) >= 11 is 0. The van der Waals surface area contributed by atoms with Gasteiger partial charge in [-0.25, -0.2) is 0 Å². The van der Waals surface area contributed by atoms with Crippen LogP contribution in [-0.4, -0.2) is 25.0 Å². The second kappa shape index (κ2) is 7.70. The molecule has 0 aliphatic rings. The first-order chi connectivity index (χ1) is 8.38. The van der Waals surface area contributed by atoms with E-state index in [1.165, 1.54) is 6.92 Å². The predicted molar refractivity (Wildman–Crippen MR) is 67.4 cm³/mol. The number of ether oxygens (including phenoxy) is 1. The molecule has 5 heteroatoms. The van der Waals surface area contributed by atoms with E-state index in [-0.39, 0.29) is 24.9 Å². The number of esters is 1. The summed E-state index contributed by atoms with van der Waals surface area (Å²) in [6.45, 7) is 7.50. The molecular formula is C13H22N2O3. The minimum absolute atomic E-state index is 0.0418. The van der Waals surface area contributed by atoms with Crippen molar-refractivity contribution < 1.29 is 14.3 Å². The number of hydrogen-bond acceptors (Lipinski definition) is 4. The Labute approximate surface area is 108 Å². The average molecular weight is 254 g/mol. The molecule has 0 aromatic carbocycles. The maximum absolute atomic E-state index is 12.1. The van der Waals surface area contributed by atoms with Gasteiger partial charge in [-0.15, -0.1) is 0 Å². The van der Waals surface area contributed by atoms with E-state index in [0.717, 1.165) is 0 Å². The zero-order chi connectivity index (χ0) is 14.2. The zero-order valence-corrected chi connectivity index (χ0v) is 11.6. The molecule has 0 aliphatic heterocycles. The summed E-state index contributed by atoms with van der Waals surface area (Å²) in [5, 5.41) is 11.6.